The summed E-state index contributed by atoms with van der Waals surface area (Å²) >= 11 is 0. The van der Waals surface area contributed by atoms with Gasteiger partial charge in [0.25, 0.3) is 0 Å². The van der Waals surface area contributed by atoms with Crippen LogP contribution in [0.3, 0.4) is 0 Å². The summed E-state index contributed by atoms with van der Waals surface area (Å²) < 4.78 is 25.4. The molecule has 100 valence electrons. The zero-order valence-electron chi connectivity index (χ0n) is 9.85. The van der Waals surface area contributed by atoms with E-state index in [4.69, 9.17) is 10.4 Å². The van der Waals surface area contributed by atoms with Crippen LogP contribution < -0.4 is 0 Å². The first-order valence-electron chi connectivity index (χ1n) is 5.51. The summed E-state index contributed by atoms with van der Waals surface area (Å²) in [6.07, 6.45) is 1.11. The molecular weight excluding hydrogens is 270 g/mol. The highest BCUT2D eigenvalue weighted by Crippen LogP contribution is 2.26. The summed E-state index contributed by atoms with van der Waals surface area (Å²) in [6.45, 7) is 0.406. The quantitative estimate of drug-likeness (QED) is 0.834. The average Bonchev–Trinajstić information content (AvgIpc) is 2.33. The molecule has 1 N–H and O–H groups in total. The fourth-order valence-corrected chi connectivity index (χ4v) is 3.38. The van der Waals surface area contributed by atoms with Gasteiger partial charge in [-0.1, -0.05) is 0 Å². The highest BCUT2D eigenvalue weighted by atomic mass is 32.2. The minimum atomic E-state index is -3.63. The number of hydrogen-bond donors (Lipinski definition) is 1. The summed E-state index contributed by atoms with van der Waals surface area (Å²) in [5.41, 5.74) is 0.145. The predicted molar refractivity (Wildman–Crippen MR) is 63.5 cm³/mol. The molecule has 1 aromatic rings. The molecule has 0 aliphatic carbocycles. The van der Waals surface area contributed by atoms with Gasteiger partial charge in [-0.25, -0.2) is 13.4 Å². The second-order valence-corrected chi connectivity index (χ2v) is 6.21. The van der Waals surface area contributed by atoms with Crippen LogP contribution >= 0.6 is 0 Å². The maximum absolute atomic E-state index is 12.1. The first-order valence-corrected chi connectivity index (χ1v) is 6.95. The van der Waals surface area contributed by atoms with Gasteiger partial charge < -0.3 is 5.11 Å². The number of carbonyl (C=O) groups is 1. The van der Waals surface area contributed by atoms with E-state index in [-0.39, 0.29) is 36.0 Å². The predicted octanol–water partition coefficient (Wildman–Crippen LogP) is 0.0485. The Morgan fingerprint density at radius 2 is 2.21 bits per heavy atom. The van der Waals surface area contributed by atoms with Gasteiger partial charge in [0, 0.05) is 19.3 Å². The Labute approximate surface area is 110 Å². The molecule has 7 nitrogen and oxygen atoms in total. The molecule has 0 amide bonds. The van der Waals surface area contributed by atoms with Crippen LogP contribution in [0.4, 0.5) is 0 Å². The summed E-state index contributed by atoms with van der Waals surface area (Å²) in [6, 6.07) is 4.47. The van der Waals surface area contributed by atoms with Crippen molar-refractivity contribution in [2.24, 2.45) is 5.92 Å². The number of nitriles is 1. The van der Waals surface area contributed by atoms with E-state index in [0.717, 1.165) is 6.20 Å². The van der Waals surface area contributed by atoms with Crippen molar-refractivity contribution in [3.8, 4) is 6.07 Å². The molecule has 1 aliphatic heterocycles. The lowest BCUT2D eigenvalue weighted by atomic mass is 10.00. The van der Waals surface area contributed by atoms with Crippen LogP contribution in [0.2, 0.25) is 0 Å². The number of hydrogen-bond acceptors (Lipinski definition) is 5. The Kier molecular flexibility index (Phi) is 3.50. The number of sulfonamides is 1. The third kappa shape index (κ3) is 2.72. The molecule has 0 radical (unpaired) electrons. The lowest BCUT2D eigenvalue weighted by molar-refractivity contribution is -0.139. The molecule has 1 aliphatic rings. The van der Waals surface area contributed by atoms with Gasteiger partial charge in [0.2, 0.25) is 10.0 Å². The zero-order valence-corrected chi connectivity index (χ0v) is 10.7. The van der Waals surface area contributed by atoms with E-state index in [0.29, 0.717) is 0 Å². The molecule has 2 rings (SSSR count). The normalized spacial score (nSPS) is 16.6. The Hall–Kier alpha value is -1.98. The molecule has 0 aromatic carbocycles. The molecule has 0 unspecified atom stereocenters. The van der Waals surface area contributed by atoms with Crippen LogP contribution in [0.25, 0.3) is 0 Å². The summed E-state index contributed by atoms with van der Waals surface area (Å²) in [4.78, 5) is 14.2. The van der Waals surface area contributed by atoms with Crippen molar-refractivity contribution < 1.29 is 18.3 Å². The Balaban J connectivity index is 2.08. The summed E-state index contributed by atoms with van der Waals surface area (Å²) in [5.74, 6) is -1.07. The standard InChI is InChI=1S/C11H11N3O4S/c12-4-9-1-2-10(5-13-9)19(17,18)14-6-8(7-14)3-11(15)16/h1-2,5,8H,3,6-7H2,(H,15,16). The van der Waals surface area contributed by atoms with Crippen LogP contribution in [0.15, 0.2) is 23.2 Å². The minimum absolute atomic E-state index is 0.0141. The molecule has 19 heavy (non-hydrogen) atoms. The van der Waals surface area contributed by atoms with Crippen LogP contribution in [0, 0.1) is 17.2 Å². The first-order chi connectivity index (χ1) is 8.93. The van der Waals surface area contributed by atoms with Crippen molar-refractivity contribution in [2.75, 3.05) is 13.1 Å². The SMILES string of the molecule is N#Cc1ccc(S(=O)(=O)N2CC(CC(=O)O)C2)cn1. The minimum Gasteiger partial charge on any atom is -0.481 e. The molecule has 2 heterocycles. The van der Waals surface area contributed by atoms with Gasteiger partial charge in [0.15, 0.2) is 0 Å². The van der Waals surface area contributed by atoms with E-state index in [9.17, 15) is 13.2 Å². The van der Waals surface area contributed by atoms with Crippen molar-refractivity contribution in [1.82, 2.24) is 9.29 Å². The molecule has 8 heteroatoms. The van der Waals surface area contributed by atoms with Crippen LogP contribution in [-0.2, 0) is 14.8 Å². The average molecular weight is 281 g/mol. The van der Waals surface area contributed by atoms with E-state index in [1.807, 2.05) is 0 Å². The molecule has 1 aromatic heterocycles. The smallest absolute Gasteiger partial charge is 0.303 e. The number of carboxylic acid groups (broad SMARTS) is 1. The number of carboxylic acids is 1. The number of aromatic nitrogens is 1. The molecule has 1 fully saturated rings. The topological polar surface area (TPSA) is 111 Å². The van der Waals surface area contributed by atoms with Crippen molar-refractivity contribution in [3.63, 3.8) is 0 Å². The van der Waals surface area contributed by atoms with Gasteiger partial charge in [-0.2, -0.15) is 9.57 Å². The van der Waals surface area contributed by atoms with Gasteiger partial charge in [0.05, 0.1) is 6.42 Å². The molecule has 0 atom stereocenters. The summed E-state index contributed by atoms with van der Waals surface area (Å²) in [7, 11) is -3.63. The summed E-state index contributed by atoms with van der Waals surface area (Å²) in [5, 5.41) is 17.2. The monoisotopic (exact) mass is 281 g/mol. The first kappa shape index (κ1) is 13.5. The fourth-order valence-electron chi connectivity index (χ4n) is 1.84. The highest BCUT2D eigenvalue weighted by molar-refractivity contribution is 7.89. The van der Waals surface area contributed by atoms with Gasteiger partial charge in [-0.3, -0.25) is 4.79 Å². The number of nitrogens with zero attached hydrogens (tertiary/aromatic N) is 3. The second kappa shape index (κ2) is 4.95. The van der Waals surface area contributed by atoms with E-state index in [1.165, 1.54) is 16.4 Å². The van der Waals surface area contributed by atoms with E-state index in [2.05, 4.69) is 4.98 Å². The van der Waals surface area contributed by atoms with Gasteiger partial charge in [-0.05, 0) is 18.1 Å². The number of pyridine rings is 1. The Morgan fingerprint density at radius 3 is 2.68 bits per heavy atom. The lowest BCUT2D eigenvalue weighted by Crippen LogP contribution is -2.50. The lowest BCUT2D eigenvalue weighted by Gasteiger charge is -2.37. The van der Waals surface area contributed by atoms with E-state index in [1.54, 1.807) is 6.07 Å². The van der Waals surface area contributed by atoms with Crippen molar-refractivity contribution in [3.05, 3.63) is 24.0 Å². The molecule has 1 saturated heterocycles. The molecule has 0 saturated carbocycles. The van der Waals surface area contributed by atoms with E-state index >= 15 is 0 Å². The van der Waals surface area contributed by atoms with E-state index < -0.39 is 16.0 Å². The molecular formula is C11H11N3O4S. The molecule has 0 bridgehead atoms. The Bertz CT molecular complexity index is 627. The van der Waals surface area contributed by atoms with Crippen molar-refractivity contribution >= 4 is 16.0 Å². The van der Waals surface area contributed by atoms with Gasteiger partial charge in [0.1, 0.15) is 16.7 Å². The van der Waals surface area contributed by atoms with Crippen LogP contribution in [0.5, 0.6) is 0 Å². The third-order valence-electron chi connectivity index (χ3n) is 2.88. The maximum Gasteiger partial charge on any atom is 0.303 e. The van der Waals surface area contributed by atoms with Crippen molar-refractivity contribution in [1.29, 1.82) is 5.26 Å². The van der Waals surface area contributed by atoms with Gasteiger partial charge in [-0.15, -0.1) is 0 Å². The number of rotatable bonds is 4. The highest BCUT2D eigenvalue weighted by Gasteiger charge is 2.37. The second-order valence-electron chi connectivity index (χ2n) is 4.28. The third-order valence-corrected chi connectivity index (χ3v) is 4.69. The van der Waals surface area contributed by atoms with Crippen molar-refractivity contribution in [2.45, 2.75) is 11.3 Å². The fraction of sp³-hybridized carbons (Fsp3) is 0.364. The zero-order chi connectivity index (χ0) is 14.0. The molecule has 0 spiro atoms. The maximum atomic E-state index is 12.1. The largest absolute Gasteiger partial charge is 0.481 e. The van der Waals surface area contributed by atoms with Crippen LogP contribution in [0.1, 0.15) is 12.1 Å². The van der Waals surface area contributed by atoms with Gasteiger partial charge >= 0.3 is 5.97 Å². The number of aliphatic carboxylic acids is 1. The van der Waals surface area contributed by atoms with Crippen LogP contribution in [-0.4, -0.2) is 41.9 Å². The Morgan fingerprint density at radius 1 is 1.53 bits per heavy atom.